The number of nitrogens with two attached hydrogens (primary N) is 1. The number of aliphatic hydroxyl groups excluding tert-OH is 3. The van der Waals surface area contributed by atoms with Crippen LogP contribution in [0.2, 0.25) is 0 Å². The predicted octanol–water partition coefficient (Wildman–Crippen LogP) is -1.22. The molecule has 0 aromatic heterocycles. The van der Waals surface area contributed by atoms with Gasteiger partial charge in [-0.1, -0.05) is 27.7 Å². The molecule has 0 unspecified atom stereocenters. The van der Waals surface area contributed by atoms with Crippen LogP contribution >= 0.6 is 0 Å². The molecule has 0 saturated carbocycles. The van der Waals surface area contributed by atoms with Gasteiger partial charge in [-0.25, -0.2) is 4.79 Å². The van der Waals surface area contributed by atoms with E-state index in [1.165, 1.54) is 0 Å². The SMILES string of the molecule is CC(C)(CO)[C@@H](O)C(N)=O.CC1(C)COC(=O)[C@@H]1O. The number of carbonyl (C=O) groups excluding carboxylic acids is 2. The molecule has 1 fully saturated rings. The standard InChI is InChI=1S/C6H13NO3.C6H10O3/c1-6(2,3-8)4(9)5(7)10;1-6(2)3-9-5(8)4(6)7/h4,8-9H,3H2,1-2H3,(H2,7,10);4,7H,3H2,1-2H3/t2*4-/m00/s1. The molecule has 1 rings (SSSR count). The first-order valence-electron chi connectivity index (χ1n) is 5.88. The van der Waals surface area contributed by atoms with Gasteiger partial charge in [0, 0.05) is 10.8 Å². The van der Waals surface area contributed by atoms with Crippen LogP contribution in [0, 0.1) is 10.8 Å². The minimum atomic E-state index is -1.28. The summed E-state index contributed by atoms with van der Waals surface area (Å²) in [5.74, 6) is -1.31. The lowest BCUT2D eigenvalue weighted by molar-refractivity contribution is -0.145. The maximum Gasteiger partial charge on any atom is 0.335 e. The van der Waals surface area contributed by atoms with Gasteiger partial charge in [0.05, 0.1) is 13.2 Å². The Hall–Kier alpha value is -1.18. The summed E-state index contributed by atoms with van der Waals surface area (Å²) in [6, 6.07) is 0. The van der Waals surface area contributed by atoms with Gasteiger partial charge in [0.2, 0.25) is 5.91 Å². The average molecular weight is 277 g/mol. The van der Waals surface area contributed by atoms with Crippen molar-refractivity contribution in [3.8, 4) is 0 Å². The third-order valence-electron chi connectivity index (χ3n) is 2.97. The van der Waals surface area contributed by atoms with E-state index in [-0.39, 0.29) is 6.61 Å². The second-order valence-corrected chi connectivity index (χ2v) is 5.95. The molecule has 1 heterocycles. The van der Waals surface area contributed by atoms with Crippen molar-refractivity contribution in [2.75, 3.05) is 13.2 Å². The highest BCUT2D eigenvalue weighted by Gasteiger charge is 2.41. The van der Waals surface area contributed by atoms with Crippen molar-refractivity contribution in [1.82, 2.24) is 0 Å². The van der Waals surface area contributed by atoms with Crippen molar-refractivity contribution in [2.24, 2.45) is 16.6 Å². The Balaban J connectivity index is 0.000000342. The van der Waals surface area contributed by atoms with Gasteiger partial charge in [-0.05, 0) is 0 Å². The average Bonchev–Trinajstić information content (AvgIpc) is 2.56. The maximum atomic E-state index is 10.5. The van der Waals surface area contributed by atoms with E-state index < -0.39 is 34.9 Å². The van der Waals surface area contributed by atoms with Gasteiger partial charge < -0.3 is 25.8 Å². The Morgan fingerprint density at radius 2 is 2.05 bits per heavy atom. The smallest absolute Gasteiger partial charge is 0.335 e. The normalized spacial score (nSPS) is 23.1. The van der Waals surface area contributed by atoms with Crippen LogP contribution in [0.4, 0.5) is 0 Å². The first-order chi connectivity index (χ1) is 8.45. The highest BCUT2D eigenvalue weighted by atomic mass is 16.6. The summed E-state index contributed by atoms with van der Waals surface area (Å²) < 4.78 is 4.59. The summed E-state index contributed by atoms with van der Waals surface area (Å²) in [5.41, 5.74) is 3.56. The third-order valence-corrected chi connectivity index (χ3v) is 2.97. The molecular weight excluding hydrogens is 254 g/mol. The van der Waals surface area contributed by atoms with Gasteiger partial charge in [-0.2, -0.15) is 0 Å². The van der Waals surface area contributed by atoms with Crippen LogP contribution in [0.25, 0.3) is 0 Å². The maximum absolute atomic E-state index is 10.5. The van der Waals surface area contributed by atoms with E-state index in [0.717, 1.165) is 0 Å². The van der Waals surface area contributed by atoms with Crippen LogP contribution in [-0.2, 0) is 14.3 Å². The van der Waals surface area contributed by atoms with E-state index >= 15 is 0 Å². The molecule has 7 heteroatoms. The summed E-state index contributed by atoms with van der Waals surface area (Å²) in [4.78, 5) is 20.9. The molecule has 0 aliphatic carbocycles. The third kappa shape index (κ3) is 4.77. The summed E-state index contributed by atoms with van der Waals surface area (Å²) >= 11 is 0. The van der Waals surface area contributed by atoms with E-state index in [9.17, 15) is 9.59 Å². The fourth-order valence-corrected chi connectivity index (χ4v) is 1.21. The number of esters is 1. The van der Waals surface area contributed by atoms with Crippen molar-refractivity contribution in [3.05, 3.63) is 0 Å². The van der Waals surface area contributed by atoms with Crippen molar-refractivity contribution in [3.63, 3.8) is 0 Å². The Labute approximate surface area is 112 Å². The molecule has 1 aliphatic rings. The molecule has 0 bridgehead atoms. The lowest BCUT2D eigenvalue weighted by Crippen LogP contribution is -2.42. The topological polar surface area (TPSA) is 130 Å². The zero-order valence-electron chi connectivity index (χ0n) is 11.7. The molecule has 112 valence electrons. The van der Waals surface area contributed by atoms with Crippen LogP contribution in [0.1, 0.15) is 27.7 Å². The number of amides is 1. The van der Waals surface area contributed by atoms with Gasteiger partial charge in [-0.15, -0.1) is 0 Å². The van der Waals surface area contributed by atoms with Crippen LogP contribution in [-0.4, -0.2) is 52.6 Å². The number of primary amides is 1. The van der Waals surface area contributed by atoms with Crippen LogP contribution in [0.5, 0.6) is 0 Å². The van der Waals surface area contributed by atoms with E-state index in [1.54, 1.807) is 27.7 Å². The summed E-state index contributed by atoms with van der Waals surface area (Å²) in [6.07, 6.45) is -2.21. The molecule has 5 N–H and O–H groups in total. The summed E-state index contributed by atoms with van der Waals surface area (Å²) in [7, 11) is 0. The second kappa shape index (κ2) is 6.31. The lowest BCUT2D eigenvalue weighted by atomic mass is 9.87. The Kier molecular flexibility index (Phi) is 5.92. The number of rotatable bonds is 3. The van der Waals surface area contributed by atoms with Crippen molar-refractivity contribution in [1.29, 1.82) is 0 Å². The van der Waals surface area contributed by atoms with E-state index in [4.69, 9.17) is 21.1 Å². The lowest BCUT2D eigenvalue weighted by Gasteiger charge is -2.25. The van der Waals surface area contributed by atoms with Crippen molar-refractivity contribution < 1.29 is 29.6 Å². The van der Waals surface area contributed by atoms with Gasteiger partial charge in [0.25, 0.3) is 0 Å². The first-order valence-corrected chi connectivity index (χ1v) is 5.88. The molecular formula is C12H23NO6. The summed E-state index contributed by atoms with van der Waals surface area (Å²) in [5, 5.41) is 26.7. The highest BCUT2D eigenvalue weighted by Crippen LogP contribution is 2.27. The fourth-order valence-electron chi connectivity index (χ4n) is 1.21. The molecule has 1 saturated heterocycles. The molecule has 2 atom stereocenters. The number of hydrogen-bond donors (Lipinski definition) is 4. The number of aliphatic hydroxyl groups is 3. The molecule has 0 radical (unpaired) electrons. The molecule has 0 spiro atoms. The molecule has 7 nitrogen and oxygen atoms in total. The van der Waals surface area contributed by atoms with E-state index in [0.29, 0.717) is 6.61 Å². The van der Waals surface area contributed by atoms with Crippen LogP contribution < -0.4 is 5.73 Å². The van der Waals surface area contributed by atoms with Gasteiger partial charge in [0.15, 0.2) is 6.10 Å². The van der Waals surface area contributed by atoms with Crippen LogP contribution in [0.3, 0.4) is 0 Å². The summed E-state index contributed by atoms with van der Waals surface area (Å²) in [6.45, 7) is 6.76. The van der Waals surface area contributed by atoms with Gasteiger partial charge in [0.1, 0.15) is 6.10 Å². The number of hydrogen-bond acceptors (Lipinski definition) is 6. The minimum Gasteiger partial charge on any atom is -0.463 e. The molecule has 19 heavy (non-hydrogen) atoms. The van der Waals surface area contributed by atoms with Crippen LogP contribution in [0.15, 0.2) is 0 Å². The molecule has 0 aromatic rings. The van der Waals surface area contributed by atoms with E-state index in [1.807, 2.05) is 0 Å². The van der Waals surface area contributed by atoms with Gasteiger partial charge >= 0.3 is 5.97 Å². The monoisotopic (exact) mass is 277 g/mol. The molecule has 1 amide bonds. The Bertz CT molecular complexity index is 339. The van der Waals surface area contributed by atoms with Gasteiger partial charge in [-0.3, -0.25) is 4.79 Å². The zero-order chi connectivity index (χ0) is 15.4. The quantitative estimate of drug-likeness (QED) is 0.478. The first kappa shape index (κ1) is 17.8. The van der Waals surface area contributed by atoms with Crippen molar-refractivity contribution >= 4 is 11.9 Å². The molecule has 1 aliphatic heterocycles. The predicted molar refractivity (Wildman–Crippen MR) is 66.8 cm³/mol. The molecule has 0 aromatic carbocycles. The number of cyclic esters (lactones) is 1. The Morgan fingerprint density at radius 1 is 1.58 bits per heavy atom. The number of carbonyl (C=O) groups is 2. The largest absolute Gasteiger partial charge is 0.463 e. The zero-order valence-corrected chi connectivity index (χ0v) is 11.7. The Morgan fingerprint density at radius 3 is 2.16 bits per heavy atom. The van der Waals surface area contributed by atoms with E-state index in [2.05, 4.69) is 4.74 Å². The number of ether oxygens (including phenoxy) is 1. The fraction of sp³-hybridized carbons (Fsp3) is 0.833. The second-order valence-electron chi connectivity index (χ2n) is 5.95. The highest BCUT2D eigenvalue weighted by molar-refractivity contribution is 5.79. The minimum absolute atomic E-state index is 0.267. The van der Waals surface area contributed by atoms with Crippen molar-refractivity contribution in [2.45, 2.75) is 39.9 Å².